The van der Waals surface area contributed by atoms with Gasteiger partial charge in [-0.1, -0.05) is 11.8 Å². The van der Waals surface area contributed by atoms with E-state index in [1.54, 1.807) is 30.3 Å². The van der Waals surface area contributed by atoms with Crippen molar-refractivity contribution < 1.29 is 14.2 Å². The zero-order valence-electron chi connectivity index (χ0n) is 11.1. The average molecular weight is 281 g/mol. The van der Waals surface area contributed by atoms with Gasteiger partial charge in [-0.15, -0.1) is 0 Å². The van der Waals surface area contributed by atoms with Gasteiger partial charge in [-0.05, 0) is 48.0 Å². The van der Waals surface area contributed by atoms with Crippen LogP contribution in [0.15, 0.2) is 42.5 Å². The maximum Gasteiger partial charge on any atom is 0.124 e. The Kier molecular flexibility index (Phi) is 4.93. The fourth-order valence-corrected chi connectivity index (χ4v) is 1.74. The van der Waals surface area contributed by atoms with Crippen LogP contribution in [0.3, 0.4) is 0 Å². The summed E-state index contributed by atoms with van der Waals surface area (Å²) in [4.78, 5) is 0. The van der Waals surface area contributed by atoms with E-state index in [4.69, 9.17) is 15.1 Å². The zero-order chi connectivity index (χ0) is 15.1. The first-order valence-corrected chi connectivity index (χ1v) is 6.23. The van der Waals surface area contributed by atoms with E-state index >= 15 is 0 Å². The highest BCUT2D eigenvalue weighted by molar-refractivity contribution is 5.38. The first-order valence-electron chi connectivity index (χ1n) is 6.23. The lowest BCUT2D eigenvalue weighted by molar-refractivity contribution is 0.305. The smallest absolute Gasteiger partial charge is 0.124 e. The molecule has 2 aromatic rings. The van der Waals surface area contributed by atoms with Crippen LogP contribution in [0.4, 0.5) is 4.39 Å². The standard InChI is InChI=1S/C17H12FNO2/c18-16-9-14(11-19)8-15(10-16)12-21-17-5-3-13(4-6-17)2-1-7-20/h3-6,8-10,20H,7,12H2. The summed E-state index contributed by atoms with van der Waals surface area (Å²) < 4.78 is 18.8. The maximum atomic E-state index is 13.3. The van der Waals surface area contributed by atoms with Crippen LogP contribution in [0.1, 0.15) is 16.7 Å². The minimum Gasteiger partial charge on any atom is -0.489 e. The molecular weight excluding hydrogens is 269 g/mol. The molecule has 0 atom stereocenters. The minimum atomic E-state index is -0.456. The van der Waals surface area contributed by atoms with Gasteiger partial charge in [0.15, 0.2) is 0 Å². The van der Waals surface area contributed by atoms with Crippen LogP contribution in [0, 0.1) is 29.0 Å². The third-order valence-electron chi connectivity index (χ3n) is 2.66. The molecule has 2 aromatic carbocycles. The Morgan fingerprint density at radius 2 is 1.86 bits per heavy atom. The number of halogens is 1. The van der Waals surface area contributed by atoms with Gasteiger partial charge < -0.3 is 9.84 Å². The summed E-state index contributed by atoms with van der Waals surface area (Å²) in [6, 6.07) is 13.0. The predicted molar refractivity (Wildman–Crippen MR) is 75.9 cm³/mol. The lowest BCUT2D eigenvalue weighted by atomic mass is 10.1. The topological polar surface area (TPSA) is 53.2 Å². The number of rotatable bonds is 3. The summed E-state index contributed by atoms with van der Waals surface area (Å²) in [7, 11) is 0. The first-order chi connectivity index (χ1) is 10.2. The summed E-state index contributed by atoms with van der Waals surface area (Å²) in [6.07, 6.45) is 0. The third-order valence-corrected chi connectivity index (χ3v) is 2.66. The van der Waals surface area contributed by atoms with Gasteiger partial charge in [0.2, 0.25) is 0 Å². The second-order valence-corrected chi connectivity index (χ2v) is 4.23. The van der Waals surface area contributed by atoms with Crippen LogP contribution in [0.5, 0.6) is 5.75 Å². The monoisotopic (exact) mass is 281 g/mol. The summed E-state index contributed by atoms with van der Waals surface area (Å²) in [5.41, 5.74) is 1.63. The van der Waals surface area contributed by atoms with Gasteiger partial charge in [0.25, 0.3) is 0 Å². The molecule has 0 fully saturated rings. The molecule has 0 spiro atoms. The van der Waals surface area contributed by atoms with E-state index in [2.05, 4.69) is 11.8 Å². The van der Waals surface area contributed by atoms with Gasteiger partial charge in [0, 0.05) is 5.56 Å². The predicted octanol–water partition coefficient (Wildman–Crippen LogP) is 2.62. The van der Waals surface area contributed by atoms with Crippen molar-refractivity contribution in [3.8, 4) is 23.7 Å². The summed E-state index contributed by atoms with van der Waals surface area (Å²) in [5, 5.41) is 17.4. The van der Waals surface area contributed by atoms with Crippen LogP contribution in [-0.2, 0) is 6.61 Å². The molecule has 0 heterocycles. The number of hydrogen-bond donors (Lipinski definition) is 1. The molecule has 104 valence electrons. The van der Waals surface area contributed by atoms with E-state index in [0.717, 1.165) is 5.56 Å². The van der Waals surface area contributed by atoms with Gasteiger partial charge in [0.05, 0.1) is 11.6 Å². The molecule has 0 saturated heterocycles. The number of ether oxygens (including phenoxy) is 1. The molecule has 0 unspecified atom stereocenters. The van der Waals surface area contributed by atoms with Crippen molar-refractivity contribution in [2.75, 3.05) is 6.61 Å². The Bertz CT molecular complexity index is 721. The van der Waals surface area contributed by atoms with Crippen molar-refractivity contribution in [1.82, 2.24) is 0 Å². The Balaban J connectivity index is 2.03. The highest BCUT2D eigenvalue weighted by atomic mass is 19.1. The molecule has 3 nitrogen and oxygen atoms in total. The molecular formula is C17H12FNO2. The molecule has 0 radical (unpaired) electrons. The first kappa shape index (κ1) is 14.6. The van der Waals surface area contributed by atoms with Gasteiger partial charge in [-0.25, -0.2) is 4.39 Å². The van der Waals surface area contributed by atoms with Crippen molar-refractivity contribution in [3.05, 3.63) is 65.0 Å². The summed E-state index contributed by atoms with van der Waals surface area (Å²) in [6.45, 7) is -0.00679. The fraction of sp³-hybridized carbons (Fsp3) is 0.118. The number of hydrogen-bond acceptors (Lipinski definition) is 3. The second-order valence-electron chi connectivity index (χ2n) is 4.23. The number of benzene rings is 2. The van der Waals surface area contributed by atoms with Crippen LogP contribution >= 0.6 is 0 Å². The van der Waals surface area contributed by atoms with Gasteiger partial charge in [-0.2, -0.15) is 5.26 Å². The van der Waals surface area contributed by atoms with Crippen LogP contribution in [-0.4, -0.2) is 11.7 Å². The normalized spacial score (nSPS) is 9.38. The van der Waals surface area contributed by atoms with E-state index in [1.165, 1.54) is 12.1 Å². The Morgan fingerprint density at radius 1 is 1.10 bits per heavy atom. The Labute approximate surface area is 122 Å². The van der Waals surface area contributed by atoms with E-state index < -0.39 is 5.82 Å². The van der Waals surface area contributed by atoms with E-state index in [0.29, 0.717) is 11.3 Å². The van der Waals surface area contributed by atoms with Crippen molar-refractivity contribution in [2.45, 2.75) is 6.61 Å². The van der Waals surface area contributed by atoms with Crippen molar-refractivity contribution >= 4 is 0 Å². The van der Waals surface area contributed by atoms with Crippen LogP contribution in [0.25, 0.3) is 0 Å². The van der Waals surface area contributed by atoms with Gasteiger partial charge >= 0.3 is 0 Å². The van der Waals surface area contributed by atoms with Crippen molar-refractivity contribution in [2.24, 2.45) is 0 Å². The Hall–Kier alpha value is -2.82. The molecule has 0 amide bonds. The third kappa shape index (κ3) is 4.35. The van der Waals surface area contributed by atoms with Crippen LogP contribution in [0.2, 0.25) is 0 Å². The van der Waals surface area contributed by atoms with Crippen molar-refractivity contribution in [3.63, 3.8) is 0 Å². The fourth-order valence-electron chi connectivity index (χ4n) is 1.74. The average Bonchev–Trinajstić information content (AvgIpc) is 2.51. The van der Waals surface area contributed by atoms with Gasteiger partial charge in [-0.3, -0.25) is 0 Å². The zero-order valence-corrected chi connectivity index (χ0v) is 11.1. The molecule has 0 aromatic heterocycles. The SMILES string of the molecule is N#Cc1cc(F)cc(COc2ccc(C#CCO)cc2)c1. The maximum absolute atomic E-state index is 13.3. The number of nitrogens with zero attached hydrogens (tertiary/aromatic N) is 1. The Morgan fingerprint density at radius 3 is 2.52 bits per heavy atom. The molecule has 0 aliphatic carbocycles. The molecule has 4 heteroatoms. The molecule has 0 aliphatic rings. The summed E-state index contributed by atoms with van der Waals surface area (Å²) in [5.74, 6) is 5.49. The second kappa shape index (κ2) is 7.09. The van der Waals surface area contributed by atoms with Crippen molar-refractivity contribution in [1.29, 1.82) is 5.26 Å². The molecule has 0 aliphatic heterocycles. The van der Waals surface area contributed by atoms with Crippen LogP contribution < -0.4 is 4.74 Å². The molecule has 1 N–H and O–H groups in total. The molecule has 0 bridgehead atoms. The quantitative estimate of drug-likeness (QED) is 0.880. The molecule has 2 rings (SSSR count). The highest BCUT2D eigenvalue weighted by Gasteiger charge is 2.02. The minimum absolute atomic E-state index is 0.175. The molecule has 21 heavy (non-hydrogen) atoms. The number of aliphatic hydroxyl groups excluding tert-OH is 1. The molecule has 0 saturated carbocycles. The van der Waals surface area contributed by atoms with E-state index in [9.17, 15) is 4.39 Å². The van der Waals surface area contributed by atoms with E-state index in [-0.39, 0.29) is 18.8 Å². The number of aliphatic hydroxyl groups is 1. The highest BCUT2D eigenvalue weighted by Crippen LogP contribution is 2.15. The lowest BCUT2D eigenvalue weighted by Crippen LogP contribution is -1.97. The largest absolute Gasteiger partial charge is 0.489 e. The van der Waals surface area contributed by atoms with Gasteiger partial charge in [0.1, 0.15) is 24.8 Å². The summed E-state index contributed by atoms with van der Waals surface area (Å²) >= 11 is 0. The lowest BCUT2D eigenvalue weighted by Gasteiger charge is -2.07. The van der Waals surface area contributed by atoms with E-state index in [1.807, 2.05) is 6.07 Å². The number of nitriles is 1.